The van der Waals surface area contributed by atoms with Gasteiger partial charge in [0.25, 0.3) is 5.91 Å². The fourth-order valence-corrected chi connectivity index (χ4v) is 3.48. The summed E-state index contributed by atoms with van der Waals surface area (Å²) < 4.78 is 22.0. The minimum absolute atomic E-state index is 0.191. The summed E-state index contributed by atoms with van der Waals surface area (Å²) in [5.74, 6) is 2.37. The van der Waals surface area contributed by atoms with Crippen molar-refractivity contribution in [3.05, 3.63) is 54.6 Å². The third-order valence-corrected chi connectivity index (χ3v) is 5.09. The van der Waals surface area contributed by atoms with Crippen molar-refractivity contribution in [3.8, 4) is 23.0 Å². The highest BCUT2D eigenvalue weighted by molar-refractivity contribution is 7.98. The van der Waals surface area contributed by atoms with Gasteiger partial charge in [0, 0.05) is 36.0 Å². The van der Waals surface area contributed by atoms with Crippen molar-refractivity contribution in [1.29, 1.82) is 0 Å². The molecule has 160 valence electrons. The third kappa shape index (κ3) is 5.54. The van der Waals surface area contributed by atoms with Crippen LogP contribution in [0.5, 0.6) is 23.0 Å². The fraction of sp³-hybridized carbons (Fsp3) is 0.238. The van der Waals surface area contributed by atoms with E-state index < -0.39 is 0 Å². The molecule has 3 aromatic rings. The van der Waals surface area contributed by atoms with E-state index in [4.69, 9.17) is 18.9 Å². The summed E-state index contributed by atoms with van der Waals surface area (Å²) in [6, 6.07) is 8.74. The van der Waals surface area contributed by atoms with Crippen LogP contribution in [0.15, 0.2) is 54.1 Å². The predicted octanol–water partition coefficient (Wildman–Crippen LogP) is 2.96. The number of fused-ring (bicyclic) bond motifs is 1. The lowest BCUT2D eigenvalue weighted by Crippen LogP contribution is -2.21. The highest BCUT2D eigenvalue weighted by atomic mass is 32.2. The second-order valence-corrected chi connectivity index (χ2v) is 7.28. The van der Waals surface area contributed by atoms with Gasteiger partial charge in [0.1, 0.15) is 13.2 Å². The Morgan fingerprint density at radius 2 is 1.90 bits per heavy atom. The van der Waals surface area contributed by atoms with Gasteiger partial charge in [-0.25, -0.2) is 9.97 Å². The van der Waals surface area contributed by atoms with Crippen molar-refractivity contribution in [2.45, 2.75) is 10.9 Å². The molecule has 3 heterocycles. The van der Waals surface area contributed by atoms with Crippen molar-refractivity contribution in [2.24, 2.45) is 0 Å². The van der Waals surface area contributed by atoms with Gasteiger partial charge < -0.3 is 24.3 Å². The van der Waals surface area contributed by atoms with Crippen LogP contribution in [-0.4, -0.2) is 47.8 Å². The van der Waals surface area contributed by atoms with Gasteiger partial charge in [0.15, 0.2) is 34.8 Å². The number of carbonyl (C=O) groups is 1. The molecule has 0 unspecified atom stereocenters. The van der Waals surface area contributed by atoms with Crippen LogP contribution in [0, 0.1) is 0 Å². The summed E-state index contributed by atoms with van der Waals surface area (Å²) in [4.78, 5) is 25.1. The molecule has 0 atom stereocenters. The molecule has 2 aromatic heterocycles. The van der Waals surface area contributed by atoms with Crippen LogP contribution in [0.1, 0.15) is 5.69 Å². The Morgan fingerprint density at radius 1 is 1.10 bits per heavy atom. The van der Waals surface area contributed by atoms with Gasteiger partial charge in [-0.3, -0.25) is 9.78 Å². The molecule has 4 rings (SSSR count). The number of aromatic nitrogens is 3. The number of carbonyl (C=O) groups excluding carboxylic acids is 1. The van der Waals surface area contributed by atoms with Crippen LogP contribution < -0.4 is 24.3 Å². The number of hydrogen-bond acceptors (Lipinski definition) is 9. The van der Waals surface area contributed by atoms with E-state index in [2.05, 4.69) is 20.3 Å². The van der Waals surface area contributed by atoms with Gasteiger partial charge in [-0.15, -0.1) is 0 Å². The number of amides is 1. The number of rotatable bonds is 8. The molecular weight excluding hydrogens is 420 g/mol. The molecular formula is C21H20N4O5S. The van der Waals surface area contributed by atoms with E-state index >= 15 is 0 Å². The van der Waals surface area contributed by atoms with Crippen molar-refractivity contribution in [2.75, 3.05) is 32.2 Å². The lowest BCUT2D eigenvalue weighted by molar-refractivity contribution is -0.118. The standard InChI is InChI=1S/C21H20N4O5S/c1-27-19-11-24-15(13-31-21-22-5-2-6-23-21)10-18(19)30-12-20(26)25-14-3-4-16-17(9-14)29-8-7-28-16/h2-6,9-11H,7-8,12-13H2,1H3,(H,25,26). The minimum atomic E-state index is -0.316. The molecule has 1 amide bonds. The Kier molecular flexibility index (Phi) is 6.68. The van der Waals surface area contributed by atoms with Crippen molar-refractivity contribution < 1.29 is 23.7 Å². The number of nitrogens with zero attached hydrogens (tertiary/aromatic N) is 3. The molecule has 9 nitrogen and oxygen atoms in total. The van der Waals surface area contributed by atoms with Gasteiger partial charge in [-0.2, -0.15) is 0 Å². The normalized spacial score (nSPS) is 12.2. The molecule has 31 heavy (non-hydrogen) atoms. The monoisotopic (exact) mass is 440 g/mol. The minimum Gasteiger partial charge on any atom is -0.491 e. The molecule has 0 spiro atoms. The first-order chi connectivity index (χ1) is 15.2. The van der Waals surface area contributed by atoms with E-state index in [0.29, 0.717) is 52.8 Å². The first-order valence-electron chi connectivity index (χ1n) is 9.46. The van der Waals surface area contributed by atoms with Crippen LogP contribution in [-0.2, 0) is 10.5 Å². The van der Waals surface area contributed by atoms with Crippen LogP contribution in [0.25, 0.3) is 0 Å². The second-order valence-electron chi connectivity index (χ2n) is 6.34. The maximum atomic E-state index is 12.4. The first kappa shape index (κ1) is 20.7. The van der Waals surface area contributed by atoms with E-state index in [0.717, 1.165) is 5.69 Å². The zero-order chi connectivity index (χ0) is 21.5. The average Bonchev–Trinajstić information content (AvgIpc) is 2.82. The van der Waals surface area contributed by atoms with E-state index in [1.54, 1.807) is 48.9 Å². The van der Waals surface area contributed by atoms with Gasteiger partial charge in [0.2, 0.25) is 0 Å². The SMILES string of the molecule is COc1cnc(CSc2ncccn2)cc1OCC(=O)Nc1ccc2c(c1)OCCO2. The summed E-state index contributed by atoms with van der Waals surface area (Å²) in [5.41, 5.74) is 1.35. The Hall–Kier alpha value is -3.53. The molecule has 0 bridgehead atoms. The topological polar surface area (TPSA) is 105 Å². The number of benzene rings is 1. The Morgan fingerprint density at radius 3 is 2.71 bits per heavy atom. The van der Waals surface area contributed by atoms with E-state index in [1.165, 1.54) is 18.9 Å². The summed E-state index contributed by atoms with van der Waals surface area (Å²) >= 11 is 1.45. The van der Waals surface area contributed by atoms with E-state index in [-0.39, 0.29) is 12.5 Å². The summed E-state index contributed by atoms with van der Waals surface area (Å²) in [5, 5.41) is 3.44. The Labute approximate surface area is 183 Å². The second kappa shape index (κ2) is 9.98. The number of anilines is 1. The number of ether oxygens (including phenoxy) is 4. The Balaban J connectivity index is 1.36. The average molecular weight is 440 g/mol. The maximum Gasteiger partial charge on any atom is 0.262 e. The van der Waals surface area contributed by atoms with E-state index in [1.807, 2.05) is 0 Å². The van der Waals surface area contributed by atoms with Crippen molar-refractivity contribution >= 4 is 23.4 Å². The lowest BCUT2D eigenvalue weighted by atomic mass is 10.2. The largest absolute Gasteiger partial charge is 0.491 e. The van der Waals surface area contributed by atoms with Gasteiger partial charge >= 0.3 is 0 Å². The molecule has 10 heteroatoms. The van der Waals surface area contributed by atoms with Gasteiger partial charge in [-0.05, 0) is 18.2 Å². The van der Waals surface area contributed by atoms with Crippen LogP contribution in [0.3, 0.4) is 0 Å². The fourth-order valence-electron chi connectivity index (χ4n) is 2.77. The third-order valence-electron chi connectivity index (χ3n) is 4.18. The van der Waals surface area contributed by atoms with Crippen molar-refractivity contribution in [1.82, 2.24) is 15.0 Å². The zero-order valence-electron chi connectivity index (χ0n) is 16.7. The maximum absolute atomic E-state index is 12.4. The number of thioether (sulfide) groups is 1. The number of nitrogens with one attached hydrogen (secondary N) is 1. The highest BCUT2D eigenvalue weighted by Gasteiger charge is 2.14. The summed E-state index contributed by atoms with van der Waals surface area (Å²) in [7, 11) is 1.52. The summed E-state index contributed by atoms with van der Waals surface area (Å²) in [6.45, 7) is 0.800. The molecule has 0 saturated carbocycles. The van der Waals surface area contributed by atoms with Crippen LogP contribution in [0.4, 0.5) is 5.69 Å². The smallest absolute Gasteiger partial charge is 0.262 e. The lowest BCUT2D eigenvalue weighted by Gasteiger charge is -2.19. The molecule has 1 aliphatic heterocycles. The quantitative estimate of drug-likeness (QED) is 0.418. The first-order valence-corrected chi connectivity index (χ1v) is 10.4. The Bertz CT molecular complexity index is 1050. The van der Waals surface area contributed by atoms with Crippen LogP contribution in [0.2, 0.25) is 0 Å². The summed E-state index contributed by atoms with van der Waals surface area (Å²) in [6.07, 6.45) is 4.94. The van der Waals surface area contributed by atoms with Gasteiger partial charge in [0.05, 0.1) is 19.0 Å². The number of hydrogen-bond donors (Lipinski definition) is 1. The molecule has 0 saturated heterocycles. The number of methoxy groups -OCH3 is 1. The highest BCUT2D eigenvalue weighted by Crippen LogP contribution is 2.33. The van der Waals surface area contributed by atoms with Crippen molar-refractivity contribution in [3.63, 3.8) is 0 Å². The molecule has 1 aromatic carbocycles. The molecule has 0 aliphatic carbocycles. The van der Waals surface area contributed by atoms with Gasteiger partial charge in [-0.1, -0.05) is 11.8 Å². The molecule has 1 aliphatic rings. The molecule has 1 N–H and O–H groups in total. The van der Waals surface area contributed by atoms with E-state index in [9.17, 15) is 4.79 Å². The molecule has 0 radical (unpaired) electrons. The predicted molar refractivity (Wildman–Crippen MR) is 114 cm³/mol. The zero-order valence-corrected chi connectivity index (χ0v) is 17.6. The molecule has 0 fully saturated rings. The number of pyridine rings is 1. The van der Waals surface area contributed by atoms with Crippen LogP contribution >= 0.6 is 11.8 Å².